The van der Waals surface area contributed by atoms with E-state index in [2.05, 4.69) is 15.1 Å². The highest BCUT2D eigenvalue weighted by molar-refractivity contribution is 6.30. The highest BCUT2D eigenvalue weighted by Crippen LogP contribution is 2.26. The zero-order chi connectivity index (χ0) is 23.5. The maximum atomic E-state index is 14.1. The molecule has 2 aliphatic heterocycles. The molecule has 0 radical (unpaired) electrons. The molecule has 2 aromatic carbocycles. The quantitative estimate of drug-likeness (QED) is 0.551. The van der Waals surface area contributed by atoms with E-state index in [1.165, 1.54) is 6.07 Å². The number of hydrogen-bond donors (Lipinski definition) is 0. The molecule has 0 atom stereocenters. The molecule has 1 aromatic heterocycles. The molecule has 8 heteroatoms. The number of halogens is 2. The Morgan fingerprint density at radius 1 is 0.824 bits per heavy atom. The van der Waals surface area contributed by atoms with Crippen molar-refractivity contribution >= 4 is 29.0 Å². The van der Waals surface area contributed by atoms with Crippen molar-refractivity contribution in [3.8, 4) is 11.3 Å². The number of amides is 1. The first-order valence-electron chi connectivity index (χ1n) is 11.7. The summed E-state index contributed by atoms with van der Waals surface area (Å²) in [5.74, 6) is 0.871. The Kier molecular flexibility index (Phi) is 6.63. The molecule has 6 nitrogen and oxygen atoms in total. The fourth-order valence-corrected chi connectivity index (χ4v) is 4.88. The summed E-state index contributed by atoms with van der Waals surface area (Å²) in [6.45, 7) is 4.12. The average molecular weight is 480 g/mol. The lowest BCUT2D eigenvalue weighted by Crippen LogP contribution is -2.52. The molecule has 3 aromatic rings. The van der Waals surface area contributed by atoms with Gasteiger partial charge in [0.15, 0.2) is 5.82 Å². The van der Waals surface area contributed by atoms with Crippen LogP contribution in [0.3, 0.4) is 0 Å². The van der Waals surface area contributed by atoms with Crippen LogP contribution in [0.15, 0.2) is 60.7 Å². The monoisotopic (exact) mass is 479 g/mol. The standard InChI is InChI=1S/C26H27ClFN5O/c27-21-7-5-19(6-8-21)23-9-10-25(30-29-23)32-13-11-20(12-14-32)26(34)33-17-15-31(16-18-33)24-4-2-1-3-22(24)28/h1-10,20H,11-18H2. The second kappa shape index (κ2) is 9.97. The molecule has 0 saturated carbocycles. The Labute approximate surface area is 204 Å². The van der Waals surface area contributed by atoms with Gasteiger partial charge in [0.05, 0.1) is 11.4 Å². The molecular formula is C26H27ClFN5O. The van der Waals surface area contributed by atoms with E-state index in [-0.39, 0.29) is 17.6 Å². The first-order chi connectivity index (χ1) is 16.6. The lowest BCUT2D eigenvalue weighted by molar-refractivity contribution is -0.136. The number of anilines is 2. The molecule has 1 amide bonds. The third kappa shape index (κ3) is 4.85. The fourth-order valence-electron chi connectivity index (χ4n) is 4.76. The van der Waals surface area contributed by atoms with Crippen molar-refractivity contribution in [3.63, 3.8) is 0 Å². The van der Waals surface area contributed by atoms with E-state index in [1.807, 2.05) is 52.3 Å². The predicted octanol–water partition coefficient (Wildman–Crippen LogP) is 4.50. The number of aromatic nitrogens is 2. The maximum absolute atomic E-state index is 14.1. The van der Waals surface area contributed by atoms with E-state index in [4.69, 9.17) is 11.6 Å². The van der Waals surface area contributed by atoms with Crippen LogP contribution in [0.1, 0.15) is 12.8 Å². The number of carbonyl (C=O) groups excluding carboxylic acids is 1. The summed E-state index contributed by atoms with van der Waals surface area (Å²) in [6, 6.07) is 18.3. The summed E-state index contributed by atoms with van der Waals surface area (Å²) in [5, 5.41) is 9.49. The first kappa shape index (κ1) is 22.6. The van der Waals surface area contributed by atoms with E-state index in [9.17, 15) is 9.18 Å². The number of hydrogen-bond acceptors (Lipinski definition) is 5. The second-order valence-electron chi connectivity index (χ2n) is 8.81. The van der Waals surface area contributed by atoms with Crippen LogP contribution in [0.4, 0.5) is 15.9 Å². The number of piperazine rings is 1. The predicted molar refractivity (Wildman–Crippen MR) is 133 cm³/mol. The van der Waals surface area contributed by atoms with E-state index in [0.717, 1.165) is 43.0 Å². The Morgan fingerprint density at radius 3 is 2.18 bits per heavy atom. The lowest BCUT2D eigenvalue weighted by atomic mass is 9.95. The minimum Gasteiger partial charge on any atom is -0.366 e. The molecule has 5 rings (SSSR count). The number of piperidine rings is 1. The number of nitrogens with zero attached hydrogens (tertiary/aromatic N) is 5. The molecule has 3 heterocycles. The van der Waals surface area contributed by atoms with Crippen molar-refractivity contribution in [1.82, 2.24) is 15.1 Å². The number of rotatable bonds is 4. The van der Waals surface area contributed by atoms with Crippen LogP contribution < -0.4 is 9.80 Å². The second-order valence-corrected chi connectivity index (χ2v) is 9.25. The first-order valence-corrected chi connectivity index (χ1v) is 12.1. The van der Waals surface area contributed by atoms with Crippen molar-refractivity contribution in [2.75, 3.05) is 49.1 Å². The summed E-state index contributed by atoms with van der Waals surface area (Å²) in [5.41, 5.74) is 2.40. The van der Waals surface area contributed by atoms with Crippen LogP contribution in [0.5, 0.6) is 0 Å². The third-order valence-electron chi connectivity index (χ3n) is 6.74. The molecule has 2 aliphatic rings. The van der Waals surface area contributed by atoms with Gasteiger partial charge in [-0.2, -0.15) is 0 Å². The van der Waals surface area contributed by atoms with E-state index >= 15 is 0 Å². The highest BCUT2D eigenvalue weighted by Gasteiger charge is 2.31. The normalized spacial score (nSPS) is 17.2. The van der Waals surface area contributed by atoms with Crippen LogP contribution in [0, 0.1) is 11.7 Å². The fraction of sp³-hybridized carbons (Fsp3) is 0.346. The largest absolute Gasteiger partial charge is 0.366 e. The summed E-state index contributed by atoms with van der Waals surface area (Å²) < 4.78 is 14.1. The van der Waals surface area contributed by atoms with E-state index in [0.29, 0.717) is 36.9 Å². The third-order valence-corrected chi connectivity index (χ3v) is 7.00. The number of benzene rings is 2. The minimum absolute atomic E-state index is 0.0255. The molecule has 2 fully saturated rings. The number of para-hydroxylation sites is 1. The van der Waals surface area contributed by atoms with Gasteiger partial charge in [-0.05, 0) is 49.2 Å². The van der Waals surface area contributed by atoms with Gasteiger partial charge in [-0.25, -0.2) is 4.39 Å². The SMILES string of the molecule is O=C(C1CCN(c2ccc(-c3ccc(Cl)cc3)nn2)CC1)N1CCN(c2ccccc2F)CC1. The van der Waals surface area contributed by atoms with Crippen LogP contribution in [-0.2, 0) is 4.79 Å². The van der Waals surface area contributed by atoms with Crippen molar-refractivity contribution in [3.05, 3.63) is 71.5 Å². The summed E-state index contributed by atoms with van der Waals surface area (Å²) >= 11 is 5.96. The van der Waals surface area contributed by atoms with Gasteiger partial charge < -0.3 is 14.7 Å². The highest BCUT2D eigenvalue weighted by atomic mass is 35.5. The van der Waals surface area contributed by atoms with E-state index < -0.39 is 0 Å². The van der Waals surface area contributed by atoms with Gasteiger partial charge in [-0.1, -0.05) is 35.9 Å². The molecule has 176 valence electrons. The molecule has 0 N–H and O–H groups in total. The van der Waals surface area contributed by atoms with Crippen molar-refractivity contribution in [1.29, 1.82) is 0 Å². The van der Waals surface area contributed by atoms with Crippen LogP contribution in [0.2, 0.25) is 5.02 Å². The zero-order valence-electron chi connectivity index (χ0n) is 18.9. The van der Waals surface area contributed by atoms with Crippen LogP contribution in [-0.4, -0.2) is 60.3 Å². The smallest absolute Gasteiger partial charge is 0.225 e. The van der Waals surface area contributed by atoms with Crippen LogP contribution >= 0.6 is 11.6 Å². The molecule has 0 spiro atoms. The minimum atomic E-state index is -0.209. The van der Waals surface area contributed by atoms with Crippen molar-refractivity contribution in [2.24, 2.45) is 5.92 Å². The Balaban J connectivity index is 1.13. The van der Waals surface area contributed by atoms with Gasteiger partial charge in [0.25, 0.3) is 0 Å². The van der Waals surface area contributed by atoms with Crippen molar-refractivity contribution in [2.45, 2.75) is 12.8 Å². The lowest BCUT2D eigenvalue weighted by Gasteiger charge is -2.39. The Hall–Kier alpha value is -3.19. The zero-order valence-corrected chi connectivity index (χ0v) is 19.7. The number of carbonyl (C=O) groups is 1. The summed E-state index contributed by atoms with van der Waals surface area (Å²) in [6.07, 6.45) is 1.60. The van der Waals surface area contributed by atoms with Gasteiger partial charge in [-0.15, -0.1) is 10.2 Å². The molecule has 34 heavy (non-hydrogen) atoms. The summed E-state index contributed by atoms with van der Waals surface area (Å²) in [4.78, 5) is 19.3. The molecule has 2 saturated heterocycles. The van der Waals surface area contributed by atoms with Gasteiger partial charge in [0.2, 0.25) is 5.91 Å². The van der Waals surface area contributed by atoms with Gasteiger partial charge in [0, 0.05) is 55.8 Å². The Morgan fingerprint density at radius 2 is 1.53 bits per heavy atom. The maximum Gasteiger partial charge on any atom is 0.225 e. The van der Waals surface area contributed by atoms with Gasteiger partial charge >= 0.3 is 0 Å². The van der Waals surface area contributed by atoms with Gasteiger partial charge in [-0.3, -0.25) is 4.79 Å². The topological polar surface area (TPSA) is 52.6 Å². The van der Waals surface area contributed by atoms with Gasteiger partial charge in [0.1, 0.15) is 5.82 Å². The van der Waals surface area contributed by atoms with Crippen molar-refractivity contribution < 1.29 is 9.18 Å². The molecule has 0 bridgehead atoms. The molecular weight excluding hydrogens is 453 g/mol. The van der Waals surface area contributed by atoms with Crippen LogP contribution in [0.25, 0.3) is 11.3 Å². The molecule has 0 unspecified atom stereocenters. The Bertz CT molecular complexity index is 1120. The average Bonchev–Trinajstić information content (AvgIpc) is 2.89. The molecule has 0 aliphatic carbocycles. The summed E-state index contributed by atoms with van der Waals surface area (Å²) in [7, 11) is 0. The van der Waals surface area contributed by atoms with E-state index in [1.54, 1.807) is 12.1 Å².